The summed E-state index contributed by atoms with van der Waals surface area (Å²) in [6.07, 6.45) is 0. The number of alkyl halides is 2. The number of nitrogens with two attached hydrogens (primary N) is 1. The molecule has 1 heterocycles. The van der Waals surface area contributed by atoms with Crippen molar-refractivity contribution in [3.63, 3.8) is 0 Å². The molecule has 8 nitrogen and oxygen atoms in total. The fourth-order valence-corrected chi connectivity index (χ4v) is 2.96. The van der Waals surface area contributed by atoms with Crippen molar-refractivity contribution in [3.8, 4) is 5.75 Å². The van der Waals surface area contributed by atoms with Gasteiger partial charge in [-0.15, -0.1) is 0 Å². The van der Waals surface area contributed by atoms with Gasteiger partial charge in [0.25, 0.3) is 11.5 Å². The molecule has 1 aromatic carbocycles. The number of ether oxygens (including phenoxy) is 1. The summed E-state index contributed by atoms with van der Waals surface area (Å²) in [6.45, 7) is 4.92. The number of aromatic nitrogens is 2. The molecule has 0 spiro atoms. The molecular weight excluding hydrogens is 398 g/mol. The molecule has 1 amide bonds. The zero-order valence-corrected chi connectivity index (χ0v) is 17.3. The Balaban J connectivity index is 2.54. The Bertz CT molecular complexity index is 997. The fourth-order valence-electron chi connectivity index (χ4n) is 2.96. The summed E-state index contributed by atoms with van der Waals surface area (Å²) in [7, 11) is 0. The minimum absolute atomic E-state index is 0.0281. The first-order valence-corrected chi connectivity index (χ1v) is 9.50. The number of hydrogen-bond acceptors (Lipinski definition) is 5. The van der Waals surface area contributed by atoms with Gasteiger partial charge in [0.05, 0.1) is 0 Å². The molecule has 0 unspecified atom stereocenters. The third-order valence-electron chi connectivity index (χ3n) is 4.15. The van der Waals surface area contributed by atoms with Gasteiger partial charge in [-0.2, -0.15) is 8.78 Å². The van der Waals surface area contributed by atoms with E-state index in [0.29, 0.717) is 0 Å². The number of hydrogen-bond donors (Lipinski definition) is 2. The number of rotatable bonds is 8. The van der Waals surface area contributed by atoms with Gasteiger partial charge in [-0.1, -0.05) is 27.7 Å². The smallest absolute Gasteiger partial charge is 0.387 e. The predicted molar refractivity (Wildman–Crippen MR) is 110 cm³/mol. The van der Waals surface area contributed by atoms with E-state index >= 15 is 0 Å². The van der Waals surface area contributed by atoms with Crippen LogP contribution in [0.15, 0.2) is 33.9 Å². The standard InChI is InChI=1S/C20H26F2N4O4/c1-11(2)9-25(18(28)13-5-7-14(8-6-13)30-19(21)22)15-16(23)26(10-12(3)4)20(29)24-17(15)27/h5-8,11-12,19H,9-10,23H2,1-4H3,(H,24,27,29). The molecule has 164 valence electrons. The number of halogens is 2. The maximum atomic E-state index is 13.2. The maximum Gasteiger partial charge on any atom is 0.387 e. The van der Waals surface area contributed by atoms with Crippen LogP contribution in [-0.2, 0) is 6.54 Å². The van der Waals surface area contributed by atoms with Crippen LogP contribution in [-0.4, -0.2) is 28.6 Å². The number of nitrogens with zero attached hydrogens (tertiary/aromatic N) is 2. The normalized spacial score (nSPS) is 11.4. The summed E-state index contributed by atoms with van der Waals surface area (Å²) in [5.74, 6) is -0.719. The van der Waals surface area contributed by atoms with E-state index in [1.54, 1.807) is 0 Å². The second kappa shape index (κ2) is 9.55. The van der Waals surface area contributed by atoms with Crippen molar-refractivity contribution < 1.29 is 18.3 Å². The van der Waals surface area contributed by atoms with Crippen LogP contribution in [0.4, 0.5) is 20.3 Å². The van der Waals surface area contributed by atoms with E-state index in [0.717, 1.165) is 0 Å². The molecule has 0 saturated heterocycles. The predicted octanol–water partition coefficient (Wildman–Crippen LogP) is 2.68. The van der Waals surface area contributed by atoms with Gasteiger partial charge in [0, 0.05) is 18.7 Å². The zero-order chi connectivity index (χ0) is 22.6. The Kier molecular flexibility index (Phi) is 7.36. The van der Waals surface area contributed by atoms with Crippen LogP contribution in [0.3, 0.4) is 0 Å². The zero-order valence-electron chi connectivity index (χ0n) is 17.3. The highest BCUT2D eigenvalue weighted by molar-refractivity contribution is 6.07. The molecule has 0 aliphatic carbocycles. The lowest BCUT2D eigenvalue weighted by atomic mass is 10.1. The Morgan fingerprint density at radius 1 is 1.13 bits per heavy atom. The van der Waals surface area contributed by atoms with Crippen molar-refractivity contribution in [3.05, 3.63) is 50.7 Å². The molecule has 3 N–H and O–H groups in total. The molecule has 1 aromatic heterocycles. The van der Waals surface area contributed by atoms with E-state index in [4.69, 9.17) is 5.73 Å². The summed E-state index contributed by atoms with van der Waals surface area (Å²) in [4.78, 5) is 41.4. The van der Waals surface area contributed by atoms with Crippen LogP contribution < -0.4 is 26.6 Å². The lowest BCUT2D eigenvalue weighted by Crippen LogP contribution is -2.43. The number of carbonyl (C=O) groups excluding carboxylic acids is 1. The molecule has 0 saturated carbocycles. The van der Waals surface area contributed by atoms with E-state index in [2.05, 4.69) is 9.72 Å². The number of benzene rings is 1. The van der Waals surface area contributed by atoms with E-state index < -0.39 is 23.8 Å². The van der Waals surface area contributed by atoms with Crippen LogP contribution in [0, 0.1) is 11.8 Å². The Morgan fingerprint density at radius 2 is 1.73 bits per heavy atom. The highest BCUT2D eigenvalue weighted by atomic mass is 19.3. The topological polar surface area (TPSA) is 110 Å². The average molecular weight is 424 g/mol. The average Bonchev–Trinajstić information content (AvgIpc) is 2.63. The number of amides is 1. The van der Waals surface area contributed by atoms with Crippen LogP contribution in [0.2, 0.25) is 0 Å². The molecule has 0 aliphatic heterocycles. The lowest BCUT2D eigenvalue weighted by Gasteiger charge is -2.26. The molecule has 2 rings (SSSR count). The van der Waals surface area contributed by atoms with Crippen molar-refractivity contribution in [2.75, 3.05) is 17.2 Å². The third-order valence-corrected chi connectivity index (χ3v) is 4.15. The van der Waals surface area contributed by atoms with E-state index in [-0.39, 0.29) is 47.7 Å². The van der Waals surface area contributed by atoms with Crippen molar-refractivity contribution in [1.82, 2.24) is 9.55 Å². The number of aromatic amines is 1. The second-order valence-electron chi connectivity index (χ2n) is 7.71. The highest BCUT2D eigenvalue weighted by Gasteiger charge is 2.26. The lowest BCUT2D eigenvalue weighted by molar-refractivity contribution is -0.0498. The van der Waals surface area contributed by atoms with Gasteiger partial charge in [-0.05, 0) is 36.1 Å². The summed E-state index contributed by atoms with van der Waals surface area (Å²) < 4.78 is 30.2. The van der Waals surface area contributed by atoms with Gasteiger partial charge in [0.1, 0.15) is 11.6 Å². The fraction of sp³-hybridized carbons (Fsp3) is 0.450. The summed E-state index contributed by atoms with van der Waals surface area (Å²) >= 11 is 0. The van der Waals surface area contributed by atoms with E-state index in [9.17, 15) is 23.2 Å². The molecule has 2 aromatic rings. The van der Waals surface area contributed by atoms with E-state index in [1.807, 2.05) is 27.7 Å². The largest absolute Gasteiger partial charge is 0.435 e. The molecule has 0 radical (unpaired) electrons. The van der Waals surface area contributed by atoms with Crippen molar-refractivity contribution >= 4 is 17.4 Å². The van der Waals surface area contributed by atoms with Crippen molar-refractivity contribution in [2.24, 2.45) is 11.8 Å². The number of H-pyrrole nitrogens is 1. The third kappa shape index (κ3) is 5.46. The SMILES string of the molecule is CC(C)CN(C(=O)c1ccc(OC(F)F)cc1)c1c(N)n(CC(C)C)c(=O)[nH]c1=O. The molecule has 0 aliphatic rings. The summed E-state index contributed by atoms with van der Waals surface area (Å²) in [6, 6.07) is 5.12. The summed E-state index contributed by atoms with van der Waals surface area (Å²) in [5.41, 5.74) is 4.75. The van der Waals surface area contributed by atoms with Crippen LogP contribution in [0.5, 0.6) is 5.75 Å². The molecule has 0 atom stereocenters. The molecular formula is C20H26F2N4O4. The minimum atomic E-state index is -2.98. The second-order valence-corrected chi connectivity index (χ2v) is 7.71. The van der Waals surface area contributed by atoms with Gasteiger partial charge < -0.3 is 15.4 Å². The molecule has 10 heteroatoms. The molecule has 30 heavy (non-hydrogen) atoms. The van der Waals surface area contributed by atoms with Crippen molar-refractivity contribution in [2.45, 2.75) is 40.9 Å². The van der Waals surface area contributed by atoms with Crippen molar-refractivity contribution in [1.29, 1.82) is 0 Å². The Hall–Kier alpha value is -3.17. The Morgan fingerprint density at radius 3 is 2.23 bits per heavy atom. The van der Waals surface area contributed by atoms with Gasteiger partial charge in [-0.3, -0.25) is 19.1 Å². The Labute approximate surface area is 172 Å². The first-order valence-electron chi connectivity index (χ1n) is 9.50. The molecule has 0 fully saturated rings. The number of nitrogens with one attached hydrogen (secondary N) is 1. The van der Waals surface area contributed by atoms with Gasteiger partial charge in [0.15, 0.2) is 5.69 Å². The number of nitrogen functional groups attached to an aromatic ring is 1. The first-order chi connectivity index (χ1) is 14.0. The highest BCUT2D eigenvalue weighted by Crippen LogP contribution is 2.23. The van der Waals surface area contributed by atoms with Crippen LogP contribution >= 0.6 is 0 Å². The van der Waals surface area contributed by atoms with Gasteiger partial charge in [0.2, 0.25) is 0 Å². The van der Waals surface area contributed by atoms with E-state index in [1.165, 1.54) is 33.7 Å². The quantitative estimate of drug-likeness (QED) is 0.677. The monoisotopic (exact) mass is 424 g/mol. The minimum Gasteiger partial charge on any atom is -0.435 e. The first kappa shape index (κ1) is 23.1. The van der Waals surface area contributed by atoms with Gasteiger partial charge >= 0.3 is 12.3 Å². The summed E-state index contributed by atoms with van der Waals surface area (Å²) in [5, 5.41) is 0. The number of carbonyl (C=O) groups is 1. The van der Waals surface area contributed by atoms with Gasteiger partial charge in [-0.25, -0.2) is 4.79 Å². The van der Waals surface area contributed by atoms with Crippen LogP contribution in [0.1, 0.15) is 38.1 Å². The maximum absolute atomic E-state index is 13.2. The van der Waals surface area contributed by atoms with Crippen LogP contribution in [0.25, 0.3) is 0 Å². The molecule has 0 bridgehead atoms. The number of anilines is 2.